The van der Waals surface area contributed by atoms with Crippen molar-refractivity contribution in [3.8, 4) is 11.5 Å². The van der Waals surface area contributed by atoms with Gasteiger partial charge < -0.3 is 19.9 Å². The van der Waals surface area contributed by atoms with Crippen molar-refractivity contribution in [1.82, 2.24) is 0 Å². The van der Waals surface area contributed by atoms with Crippen molar-refractivity contribution in [1.29, 1.82) is 0 Å². The highest BCUT2D eigenvalue weighted by Gasteiger charge is 2.22. The predicted octanol–water partition coefficient (Wildman–Crippen LogP) is 6.40. The lowest BCUT2D eigenvalue weighted by atomic mass is 10.1. The van der Waals surface area contributed by atoms with E-state index >= 15 is 0 Å². The molecule has 2 amide bonds. The molecule has 0 saturated heterocycles. The topological polar surface area (TPSA) is 103 Å². The summed E-state index contributed by atoms with van der Waals surface area (Å²) in [5.41, 5.74) is 8.06. The fraction of sp³-hybridized carbons (Fsp3) is 0.440. The maximum Gasteiger partial charge on any atom is 0.414 e. The summed E-state index contributed by atoms with van der Waals surface area (Å²) in [7, 11) is 1.59. The van der Waals surface area contributed by atoms with E-state index in [0.29, 0.717) is 28.6 Å². The van der Waals surface area contributed by atoms with Gasteiger partial charge in [0, 0.05) is 13.1 Å². The van der Waals surface area contributed by atoms with E-state index in [0.717, 1.165) is 11.1 Å². The van der Waals surface area contributed by atoms with Gasteiger partial charge in [-0.25, -0.2) is 9.59 Å². The molecule has 3 N–H and O–H groups in total. The molecule has 180 valence electrons. The Bertz CT molecular complexity index is 1010. The van der Waals surface area contributed by atoms with E-state index in [-0.39, 0.29) is 0 Å². The maximum absolute atomic E-state index is 12.4. The van der Waals surface area contributed by atoms with Gasteiger partial charge in [0.25, 0.3) is 0 Å². The Labute approximate surface area is 196 Å². The van der Waals surface area contributed by atoms with E-state index in [1.54, 1.807) is 46.0 Å². The van der Waals surface area contributed by atoms with Gasteiger partial charge in [0.1, 0.15) is 22.7 Å². The summed E-state index contributed by atoms with van der Waals surface area (Å²) in [6, 6.07) is 8.69. The number of rotatable bonds is 4. The van der Waals surface area contributed by atoms with E-state index in [1.807, 2.05) is 46.8 Å². The summed E-state index contributed by atoms with van der Waals surface area (Å²) in [6.07, 6.45) is -1.04. The van der Waals surface area contributed by atoms with Crippen LogP contribution in [0.15, 0.2) is 30.3 Å². The quantitative estimate of drug-likeness (QED) is 0.515. The average molecular weight is 458 g/mol. The van der Waals surface area contributed by atoms with Crippen LogP contribution in [0.1, 0.15) is 52.7 Å². The Balaban J connectivity index is 2.23. The molecule has 33 heavy (non-hydrogen) atoms. The van der Waals surface area contributed by atoms with Gasteiger partial charge in [-0.05, 0) is 90.8 Å². The number of nitrogens with two attached hydrogens (primary N) is 1. The highest BCUT2D eigenvalue weighted by atomic mass is 16.6. The maximum atomic E-state index is 12.4. The van der Waals surface area contributed by atoms with Crippen LogP contribution in [0.5, 0.6) is 11.5 Å². The molecule has 0 heterocycles. The number of aryl methyl sites for hydroxylation is 2. The predicted molar refractivity (Wildman–Crippen MR) is 131 cm³/mol. The molecule has 0 fully saturated rings. The molecule has 0 unspecified atom stereocenters. The van der Waals surface area contributed by atoms with Crippen LogP contribution in [0.25, 0.3) is 0 Å². The normalized spacial score (nSPS) is 11.5. The number of amides is 2. The molecular weight excluding hydrogens is 422 g/mol. The van der Waals surface area contributed by atoms with Crippen molar-refractivity contribution in [2.24, 2.45) is 0 Å². The summed E-state index contributed by atoms with van der Waals surface area (Å²) in [5, 5.41) is 2.80. The molecule has 0 spiro atoms. The fourth-order valence-corrected chi connectivity index (χ4v) is 3.03. The molecule has 0 radical (unpaired) electrons. The highest BCUT2D eigenvalue weighted by molar-refractivity contribution is 5.91. The largest absolute Gasteiger partial charge is 0.457 e. The number of anilines is 3. The standard InChI is InChI=1S/C25H35N3O5/c1-15-12-18(13-16(2)21(15)27-22(29)32-24(3,4)5)31-17-10-11-19(26)20(14-17)28(9)23(30)33-25(6,7)8/h10-14H,26H2,1-9H3,(H,27,29). The van der Waals surface area contributed by atoms with Gasteiger partial charge in [0.2, 0.25) is 0 Å². The molecule has 2 aromatic carbocycles. The molecule has 0 bridgehead atoms. The minimum Gasteiger partial charge on any atom is -0.457 e. The molecule has 0 aromatic heterocycles. The first-order chi connectivity index (χ1) is 15.1. The zero-order valence-corrected chi connectivity index (χ0v) is 21.0. The second-order valence-corrected chi connectivity index (χ2v) is 9.92. The monoisotopic (exact) mass is 457 g/mol. The average Bonchev–Trinajstić information content (AvgIpc) is 2.63. The second-order valence-electron chi connectivity index (χ2n) is 9.92. The number of benzene rings is 2. The van der Waals surface area contributed by atoms with Crippen molar-refractivity contribution in [2.45, 2.75) is 66.6 Å². The van der Waals surface area contributed by atoms with Gasteiger partial charge in [-0.1, -0.05) is 0 Å². The number of hydrogen-bond donors (Lipinski definition) is 2. The molecule has 2 aromatic rings. The Morgan fingerprint density at radius 2 is 1.42 bits per heavy atom. The van der Waals surface area contributed by atoms with Crippen molar-refractivity contribution >= 4 is 29.2 Å². The van der Waals surface area contributed by atoms with Gasteiger partial charge in [-0.3, -0.25) is 10.2 Å². The summed E-state index contributed by atoms with van der Waals surface area (Å²) in [4.78, 5) is 26.0. The SMILES string of the molecule is Cc1cc(Oc2ccc(N)c(N(C)C(=O)OC(C)(C)C)c2)cc(C)c1NC(=O)OC(C)(C)C. The lowest BCUT2D eigenvalue weighted by molar-refractivity contribution is 0.0587. The van der Waals surface area contributed by atoms with E-state index in [2.05, 4.69) is 5.32 Å². The molecule has 0 saturated carbocycles. The number of carbonyl (C=O) groups is 2. The van der Waals surface area contributed by atoms with Gasteiger partial charge in [0.15, 0.2) is 0 Å². The van der Waals surface area contributed by atoms with Crippen molar-refractivity contribution in [3.05, 3.63) is 41.5 Å². The smallest absolute Gasteiger partial charge is 0.414 e. The number of ether oxygens (including phenoxy) is 3. The van der Waals surface area contributed by atoms with Crippen LogP contribution >= 0.6 is 0 Å². The van der Waals surface area contributed by atoms with Gasteiger partial charge >= 0.3 is 12.2 Å². The fourth-order valence-electron chi connectivity index (χ4n) is 3.03. The third kappa shape index (κ3) is 7.59. The Morgan fingerprint density at radius 1 is 0.879 bits per heavy atom. The molecule has 0 aliphatic heterocycles. The number of hydrogen-bond acceptors (Lipinski definition) is 6. The molecule has 0 aliphatic carbocycles. The van der Waals surface area contributed by atoms with E-state index in [4.69, 9.17) is 19.9 Å². The van der Waals surface area contributed by atoms with Crippen LogP contribution in [0.3, 0.4) is 0 Å². The van der Waals surface area contributed by atoms with Gasteiger partial charge in [0.05, 0.1) is 17.1 Å². The first-order valence-electron chi connectivity index (χ1n) is 10.7. The van der Waals surface area contributed by atoms with Crippen molar-refractivity contribution in [3.63, 3.8) is 0 Å². The summed E-state index contributed by atoms with van der Waals surface area (Å²) in [5.74, 6) is 1.08. The second kappa shape index (κ2) is 9.60. The molecule has 2 rings (SSSR count). The molecule has 8 nitrogen and oxygen atoms in total. The third-order valence-corrected chi connectivity index (χ3v) is 4.40. The molecule has 0 aliphatic rings. The minimum absolute atomic E-state index is 0.417. The molecule has 0 atom stereocenters. The van der Waals surface area contributed by atoms with Crippen LogP contribution in [-0.2, 0) is 9.47 Å². The number of nitrogens with one attached hydrogen (secondary N) is 1. The minimum atomic E-state index is -0.627. The lowest BCUT2D eigenvalue weighted by Gasteiger charge is -2.25. The highest BCUT2D eigenvalue weighted by Crippen LogP contribution is 2.34. The van der Waals surface area contributed by atoms with Gasteiger partial charge in [-0.15, -0.1) is 0 Å². The van der Waals surface area contributed by atoms with Crippen LogP contribution in [0, 0.1) is 13.8 Å². The van der Waals surface area contributed by atoms with Gasteiger partial charge in [-0.2, -0.15) is 0 Å². The Hall–Kier alpha value is -3.42. The van der Waals surface area contributed by atoms with Crippen LogP contribution < -0.4 is 20.7 Å². The lowest BCUT2D eigenvalue weighted by Crippen LogP contribution is -2.34. The molecular formula is C25H35N3O5. The summed E-state index contributed by atoms with van der Waals surface area (Å²) >= 11 is 0. The zero-order valence-electron chi connectivity index (χ0n) is 21.0. The van der Waals surface area contributed by atoms with Crippen LogP contribution in [-0.4, -0.2) is 30.4 Å². The summed E-state index contributed by atoms with van der Waals surface area (Å²) < 4.78 is 16.8. The first-order valence-corrected chi connectivity index (χ1v) is 10.7. The summed E-state index contributed by atoms with van der Waals surface area (Å²) in [6.45, 7) is 14.6. The Kier molecular flexibility index (Phi) is 7.52. The number of carbonyl (C=O) groups excluding carboxylic acids is 2. The van der Waals surface area contributed by atoms with Crippen LogP contribution in [0.4, 0.5) is 26.7 Å². The number of nitrogen functional groups attached to an aromatic ring is 1. The Morgan fingerprint density at radius 3 is 1.94 bits per heavy atom. The first kappa shape index (κ1) is 25.8. The van der Waals surface area contributed by atoms with Crippen molar-refractivity contribution in [2.75, 3.05) is 23.0 Å². The zero-order chi connectivity index (χ0) is 25.1. The number of nitrogens with zero attached hydrogens (tertiary/aromatic N) is 1. The third-order valence-electron chi connectivity index (χ3n) is 4.40. The van der Waals surface area contributed by atoms with Crippen molar-refractivity contribution < 1.29 is 23.8 Å². The van der Waals surface area contributed by atoms with E-state index in [1.165, 1.54) is 4.90 Å². The molecule has 8 heteroatoms. The van der Waals surface area contributed by atoms with E-state index in [9.17, 15) is 9.59 Å². The van der Waals surface area contributed by atoms with Crippen LogP contribution in [0.2, 0.25) is 0 Å². The van der Waals surface area contributed by atoms with E-state index < -0.39 is 23.4 Å².